The van der Waals surface area contributed by atoms with Crippen LogP contribution in [0.5, 0.6) is 0 Å². The summed E-state index contributed by atoms with van der Waals surface area (Å²) in [4.78, 5) is 21.8. The van der Waals surface area contributed by atoms with Crippen LogP contribution in [-0.4, -0.2) is 29.0 Å². The first kappa shape index (κ1) is 15.4. The van der Waals surface area contributed by atoms with E-state index in [9.17, 15) is 9.59 Å². The van der Waals surface area contributed by atoms with Crippen LogP contribution in [-0.2, 0) is 19.1 Å². The zero-order chi connectivity index (χ0) is 12.7. The minimum Gasteiger partial charge on any atom is -0.459 e. The normalized spacial score (nSPS) is 16.1. The van der Waals surface area contributed by atoms with Crippen molar-refractivity contribution in [3.63, 3.8) is 0 Å². The molecular weight excluding hydrogens is 276 g/mol. The SMILES string of the molecule is CCC[C@@H](Br)[C@@H](OC(C)=O)[C@@H](C)OC(C)=O. The van der Waals surface area contributed by atoms with Crippen molar-refractivity contribution in [1.29, 1.82) is 0 Å². The molecule has 0 aliphatic rings. The van der Waals surface area contributed by atoms with Crippen LogP contribution in [0.1, 0.15) is 40.5 Å². The topological polar surface area (TPSA) is 52.6 Å². The first-order valence-electron chi connectivity index (χ1n) is 5.37. The van der Waals surface area contributed by atoms with E-state index in [0.29, 0.717) is 0 Å². The number of carbonyl (C=O) groups is 2. The lowest BCUT2D eigenvalue weighted by Crippen LogP contribution is -2.38. The van der Waals surface area contributed by atoms with Gasteiger partial charge in [0.05, 0.1) is 4.83 Å². The van der Waals surface area contributed by atoms with Gasteiger partial charge in [-0.2, -0.15) is 0 Å². The molecule has 0 aromatic carbocycles. The van der Waals surface area contributed by atoms with Crippen molar-refractivity contribution in [3.8, 4) is 0 Å². The number of rotatable bonds is 6. The van der Waals surface area contributed by atoms with Gasteiger partial charge in [0.15, 0.2) is 6.10 Å². The summed E-state index contributed by atoms with van der Waals surface area (Å²) >= 11 is 3.46. The molecule has 0 N–H and O–H groups in total. The van der Waals surface area contributed by atoms with Crippen LogP contribution in [0.15, 0.2) is 0 Å². The average Bonchev–Trinajstić information content (AvgIpc) is 2.12. The number of carbonyl (C=O) groups excluding carboxylic acids is 2. The van der Waals surface area contributed by atoms with Gasteiger partial charge in [0.25, 0.3) is 0 Å². The number of hydrogen-bond donors (Lipinski definition) is 0. The third kappa shape index (κ3) is 6.10. The summed E-state index contributed by atoms with van der Waals surface area (Å²) in [5.74, 6) is -0.745. The van der Waals surface area contributed by atoms with E-state index in [0.717, 1.165) is 12.8 Å². The van der Waals surface area contributed by atoms with Gasteiger partial charge in [0, 0.05) is 13.8 Å². The van der Waals surface area contributed by atoms with Gasteiger partial charge in [-0.3, -0.25) is 9.59 Å². The number of halogens is 1. The molecule has 0 aliphatic carbocycles. The van der Waals surface area contributed by atoms with E-state index in [4.69, 9.17) is 9.47 Å². The summed E-state index contributed by atoms with van der Waals surface area (Å²) in [5, 5.41) is 0. The lowest BCUT2D eigenvalue weighted by atomic mass is 10.1. The summed E-state index contributed by atoms with van der Waals surface area (Å²) in [7, 11) is 0. The maximum atomic E-state index is 11.0. The molecule has 0 aliphatic heterocycles. The van der Waals surface area contributed by atoms with Crippen molar-refractivity contribution < 1.29 is 19.1 Å². The highest BCUT2D eigenvalue weighted by Gasteiger charge is 2.29. The highest BCUT2D eigenvalue weighted by Crippen LogP contribution is 2.20. The Kier molecular flexibility index (Phi) is 7.38. The van der Waals surface area contributed by atoms with Gasteiger partial charge in [-0.1, -0.05) is 29.3 Å². The second-order valence-corrected chi connectivity index (χ2v) is 4.87. The Balaban J connectivity index is 4.50. The third-order valence-electron chi connectivity index (χ3n) is 2.04. The van der Waals surface area contributed by atoms with Gasteiger partial charge < -0.3 is 9.47 Å². The van der Waals surface area contributed by atoms with E-state index in [2.05, 4.69) is 15.9 Å². The molecule has 94 valence electrons. The minimum atomic E-state index is -0.447. The standard InChI is InChI=1S/C11H19BrO4/c1-5-6-10(12)11(16-9(4)14)7(2)15-8(3)13/h7,10-11H,5-6H2,1-4H3/t7-,10-,11+/m1/s1. The first-order valence-corrected chi connectivity index (χ1v) is 6.28. The van der Waals surface area contributed by atoms with Crippen LogP contribution >= 0.6 is 15.9 Å². The Hall–Kier alpha value is -0.580. The third-order valence-corrected chi connectivity index (χ3v) is 3.02. The van der Waals surface area contributed by atoms with Crippen molar-refractivity contribution in [3.05, 3.63) is 0 Å². The van der Waals surface area contributed by atoms with Crippen molar-refractivity contribution in [2.45, 2.75) is 57.6 Å². The summed E-state index contributed by atoms with van der Waals surface area (Å²) in [6.07, 6.45) is 0.919. The Labute approximate surface area is 105 Å². The molecule has 0 aromatic rings. The van der Waals surface area contributed by atoms with Gasteiger partial charge in [-0.25, -0.2) is 0 Å². The molecule has 0 radical (unpaired) electrons. The average molecular weight is 295 g/mol. The number of esters is 2. The lowest BCUT2D eigenvalue weighted by Gasteiger charge is -2.27. The smallest absolute Gasteiger partial charge is 0.303 e. The predicted molar refractivity (Wildman–Crippen MR) is 64.4 cm³/mol. The second kappa shape index (κ2) is 7.65. The van der Waals surface area contributed by atoms with E-state index in [1.807, 2.05) is 6.92 Å². The van der Waals surface area contributed by atoms with Gasteiger partial charge in [-0.05, 0) is 13.3 Å². The molecule has 0 rings (SSSR count). The molecule has 0 heterocycles. The molecule has 0 bridgehead atoms. The Morgan fingerprint density at radius 1 is 1.19 bits per heavy atom. The highest BCUT2D eigenvalue weighted by atomic mass is 79.9. The monoisotopic (exact) mass is 294 g/mol. The maximum absolute atomic E-state index is 11.0. The molecule has 16 heavy (non-hydrogen) atoms. The van der Waals surface area contributed by atoms with Crippen molar-refractivity contribution in [2.24, 2.45) is 0 Å². The Morgan fingerprint density at radius 2 is 1.69 bits per heavy atom. The molecular formula is C11H19BrO4. The lowest BCUT2D eigenvalue weighted by molar-refractivity contribution is -0.163. The van der Waals surface area contributed by atoms with E-state index in [1.54, 1.807) is 6.92 Å². The molecule has 0 aromatic heterocycles. The highest BCUT2D eigenvalue weighted by molar-refractivity contribution is 9.09. The zero-order valence-corrected chi connectivity index (χ0v) is 11.7. The van der Waals surface area contributed by atoms with Crippen LogP contribution in [0.3, 0.4) is 0 Å². The molecule has 0 unspecified atom stereocenters. The first-order chi connectivity index (χ1) is 7.38. The number of hydrogen-bond acceptors (Lipinski definition) is 4. The van der Waals surface area contributed by atoms with E-state index in [1.165, 1.54) is 13.8 Å². The molecule has 0 saturated carbocycles. The van der Waals surface area contributed by atoms with E-state index >= 15 is 0 Å². The van der Waals surface area contributed by atoms with E-state index < -0.39 is 12.2 Å². The summed E-state index contributed by atoms with van der Waals surface area (Å²) in [5.41, 5.74) is 0. The minimum absolute atomic E-state index is 0.00394. The molecule has 0 spiro atoms. The molecule has 4 nitrogen and oxygen atoms in total. The van der Waals surface area contributed by atoms with Crippen molar-refractivity contribution in [1.82, 2.24) is 0 Å². The molecule has 0 fully saturated rings. The molecule has 3 atom stereocenters. The summed E-state index contributed by atoms with van der Waals surface area (Å²) in [6, 6.07) is 0. The second-order valence-electron chi connectivity index (χ2n) is 3.69. The fourth-order valence-corrected chi connectivity index (χ4v) is 2.42. The van der Waals surface area contributed by atoms with Crippen molar-refractivity contribution >= 4 is 27.9 Å². The van der Waals surface area contributed by atoms with Crippen LogP contribution in [0.25, 0.3) is 0 Å². The van der Waals surface area contributed by atoms with E-state index in [-0.39, 0.29) is 16.8 Å². The van der Waals surface area contributed by atoms with Gasteiger partial charge in [0.2, 0.25) is 0 Å². The van der Waals surface area contributed by atoms with Crippen LogP contribution in [0, 0.1) is 0 Å². The quantitative estimate of drug-likeness (QED) is 0.558. The largest absolute Gasteiger partial charge is 0.459 e. The molecule has 5 heteroatoms. The number of alkyl halides is 1. The van der Waals surface area contributed by atoms with Crippen molar-refractivity contribution in [2.75, 3.05) is 0 Å². The van der Waals surface area contributed by atoms with Gasteiger partial charge in [0.1, 0.15) is 6.10 Å². The zero-order valence-electron chi connectivity index (χ0n) is 10.2. The number of ether oxygens (including phenoxy) is 2. The molecule has 0 saturated heterocycles. The van der Waals surface area contributed by atoms with Crippen LogP contribution < -0.4 is 0 Å². The fraction of sp³-hybridized carbons (Fsp3) is 0.818. The Morgan fingerprint density at radius 3 is 2.06 bits per heavy atom. The summed E-state index contributed by atoms with van der Waals surface area (Å²) in [6.45, 7) is 6.44. The predicted octanol–water partition coefficient (Wildman–Crippen LogP) is 2.43. The molecule has 0 amide bonds. The van der Waals surface area contributed by atoms with Gasteiger partial charge >= 0.3 is 11.9 Å². The maximum Gasteiger partial charge on any atom is 0.303 e. The Bertz CT molecular complexity index is 242. The van der Waals surface area contributed by atoms with Gasteiger partial charge in [-0.15, -0.1) is 0 Å². The van der Waals surface area contributed by atoms with Crippen LogP contribution in [0.4, 0.5) is 0 Å². The van der Waals surface area contributed by atoms with Crippen LogP contribution in [0.2, 0.25) is 0 Å². The summed E-state index contributed by atoms with van der Waals surface area (Å²) < 4.78 is 10.2. The fourth-order valence-electron chi connectivity index (χ4n) is 1.42.